The minimum atomic E-state index is -0.467. The van der Waals surface area contributed by atoms with Crippen molar-refractivity contribution in [2.24, 2.45) is 23.7 Å². The van der Waals surface area contributed by atoms with Crippen molar-refractivity contribution in [1.82, 2.24) is 0 Å². The van der Waals surface area contributed by atoms with Gasteiger partial charge in [-0.1, -0.05) is 50.5 Å². The number of aliphatic hydroxyl groups is 1. The van der Waals surface area contributed by atoms with E-state index in [9.17, 15) is 14.7 Å². The first-order valence-corrected chi connectivity index (χ1v) is 14.9. The van der Waals surface area contributed by atoms with Crippen LogP contribution in [0.4, 0.5) is 0 Å². The van der Waals surface area contributed by atoms with Crippen molar-refractivity contribution in [2.45, 2.75) is 122 Å². The Morgan fingerprint density at radius 1 is 1.11 bits per heavy atom. The van der Waals surface area contributed by atoms with Crippen LogP contribution in [-0.4, -0.2) is 55.4 Å². The Bertz CT molecular complexity index is 772. The highest BCUT2D eigenvalue weighted by atomic mass is 16.7. The van der Waals surface area contributed by atoms with E-state index in [4.69, 9.17) is 18.9 Å². The zero-order valence-electron chi connectivity index (χ0n) is 23.7. The molecule has 0 radical (unpaired) electrons. The van der Waals surface area contributed by atoms with E-state index in [2.05, 4.69) is 25.2 Å². The van der Waals surface area contributed by atoms with E-state index in [-0.39, 0.29) is 42.3 Å². The van der Waals surface area contributed by atoms with E-state index in [1.54, 1.807) is 0 Å². The van der Waals surface area contributed by atoms with Gasteiger partial charge in [0.25, 0.3) is 0 Å². The third kappa shape index (κ3) is 9.80. The predicted octanol–water partition coefficient (Wildman–Crippen LogP) is 5.89. The van der Waals surface area contributed by atoms with Gasteiger partial charge in [-0.15, -0.1) is 0 Å². The first kappa shape index (κ1) is 30.8. The summed E-state index contributed by atoms with van der Waals surface area (Å²) in [5.74, 6) is 0.608. The Kier molecular flexibility index (Phi) is 13.3. The molecule has 8 atom stereocenters. The molecule has 1 saturated heterocycles. The summed E-state index contributed by atoms with van der Waals surface area (Å²) >= 11 is 0. The molecule has 2 saturated carbocycles. The van der Waals surface area contributed by atoms with Gasteiger partial charge in [-0.25, -0.2) is 0 Å². The number of hydrogen-bond acceptors (Lipinski definition) is 7. The van der Waals surface area contributed by atoms with Gasteiger partial charge in [0, 0.05) is 38.2 Å². The molecular weight excluding hydrogens is 484 g/mol. The standard InChI is InChI=1S/C31H50O7/c1-4-11-23-15-16-24(20-23)27(33)18-17-26-25(12-7-5-6-8-13-30(34)35-3)28(37-22(2)32)21-29(26)38-31-14-9-10-19-36-31/h5,7,17-18,23-29,31,33H,4,6,8-16,19-21H2,1-3H3/b7-5-,18-17+/t23?,24?,25-,26-,27-,28+,29-,31?/m1/s1. The molecule has 7 nitrogen and oxygen atoms in total. The predicted molar refractivity (Wildman–Crippen MR) is 146 cm³/mol. The minimum absolute atomic E-state index is 0.00656. The maximum absolute atomic E-state index is 12.0. The Morgan fingerprint density at radius 3 is 2.66 bits per heavy atom. The second-order valence-electron chi connectivity index (χ2n) is 11.4. The number of hydrogen-bond donors (Lipinski definition) is 1. The number of rotatable bonds is 14. The molecule has 0 aromatic heterocycles. The number of esters is 2. The second-order valence-corrected chi connectivity index (χ2v) is 11.4. The first-order chi connectivity index (χ1) is 18.4. The molecule has 38 heavy (non-hydrogen) atoms. The van der Waals surface area contributed by atoms with Gasteiger partial charge < -0.3 is 24.1 Å². The number of ether oxygens (including phenoxy) is 4. The zero-order chi connectivity index (χ0) is 27.3. The van der Waals surface area contributed by atoms with Crippen molar-refractivity contribution < 1.29 is 33.6 Å². The molecule has 216 valence electrons. The zero-order valence-corrected chi connectivity index (χ0v) is 23.7. The molecule has 0 spiro atoms. The highest BCUT2D eigenvalue weighted by Gasteiger charge is 2.45. The lowest BCUT2D eigenvalue weighted by Gasteiger charge is -2.29. The van der Waals surface area contributed by atoms with E-state index in [1.165, 1.54) is 33.3 Å². The largest absolute Gasteiger partial charge is 0.469 e. The fourth-order valence-corrected chi connectivity index (χ4v) is 6.50. The highest BCUT2D eigenvalue weighted by Crippen LogP contribution is 2.42. The van der Waals surface area contributed by atoms with Crippen LogP contribution < -0.4 is 0 Å². The Hall–Kier alpha value is -1.70. The lowest BCUT2D eigenvalue weighted by molar-refractivity contribution is -0.193. The molecule has 0 amide bonds. The highest BCUT2D eigenvalue weighted by molar-refractivity contribution is 5.69. The maximum atomic E-state index is 12.0. The van der Waals surface area contributed by atoms with Gasteiger partial charge in [0.15, 0.2) is 6.29 Å². The van der Waals surface area contributed by atoms with Crippen LogP contribution in [0.2, 0.25) is 0 Å². The second kappa shape index (κ2) is 16.4. The van der Waals surface area contributed by atoms with Crippen molar-refractivity contribution in [2.75, 3.05) is 13.7 Å². The van der Waals surface area contributed by atoms with Gasteiger partial charge >= 0.3 is 11.9 Å². The van der Waals surface area contributed by atoms with Gasteiger partial charge in [0.05, 0.1) is 19.3 Å². The van der Waals surface area contributed by atoms with Crippen LogP contribution in [0, 0.1) is 23.7 Å². The van der Waals surface area contributed by atoms with E-state index >= 15 is 0 Å². The molecule has 7 heteroatoms. The average molecular weight is 535 g/mol. The van der Waals surface area contributed by atoms with Crippen molar-refractivity contribution in [3.05, 3.63) is 24.3 Å². The molecule has 3 rings (SSSR count). The van der Waals surface area contributed by atoms with Crippen LogP contribution >= 0.6 is 0 Å². The molecule has 3 aliphatic rings. The fraction of sp³-hybridized carbons (Fsp3) is 0.806. The van der Waals surface area contributed by atoms with Gasteiger partial charge in [-0.05, 0) is 63.2 Å². The summed E-state index contributed by atoms with van der Waals surface area (Å²) in [6.45, 7) is 4.40. The van der Waals surface area contributed by atoms with Gasteiger partial charge in [-0.2, -0.15) is 0 Å². The van der Waals surface area contributed by atoms with Crippen molar-refractivity contribution in [3.63, 3.8) is 0 Å². The summed E-state index contributed by atoms with van der Waals surface area (Å²) in [7, 11) is 1.41. The van der Waals surface area contributed by atoms with Crippen LogP contribution in [0.5, 0.6) is 0 Å². The van der Waals surface area contributed by atoms with E-state index in [1.807, 2.05) is 6.08 Å². The summed E-state index contributed by atoms with van der Waals surface area (Å²) in [6.07, 6.45) is 19.3. The number of allylic oxidation sites excluding steroid dienone is 2. The third-order valence-corrected chi connectivity index (χ3v) is 8.49. The average Bonchev–Trinajstić information content (AvgIpc) is 3.49. The number of methoxy groups -OCH3 is 1. The third-order valence-electron chi connectivity index (χ3n) is 8.49. The monoisotopic (exact) mass is 534 g/mol. The number of aliphatic hydroxyl groups excluding tert-OH is 1. The molecular formula is C31H50O7. The van der Waals surface area contributed by atoms with Crippen molar-refractivity contribution >= 4 is 11.9 Å². The summed E-state index contributed by atoms with van der Waals surface area (Å²) in [4.78, 5) is 23.3. The van der Waals surface area contributed by atoms with E-state index < -0.39 is 6.10 Å². The minimum Gasteiger partial charge on any atom is -0.469 e. The summed E-state index contributed by atoms with van der Waals surface area (Å²) in [6, 6.07) is 0. The maximum Gasteiger partial charge on any atom is 0.305 e. The van der Waals surface area contributed by atoms with Crippen molar-refractivity contribution in [1.29, 1.82) is 0 Å². The molecule has 2 aliphatic carbocycles. The molecule has 1 N–H and O–H groups in total. The van der Waals surface area contributed by atoms with Crippen LogP contribution in [0.3, 0.4) is 0 Å². The van der Waals surface area contributed by atoms with Crippen LogP contribution in [0.15, 0.2) is 24.3 Å². The summed E-state index contributed by atoms with van der Waals surface area (Å²) < 4.78 is 22.9. The van der Waals surface area contributed by atoms with Crippen molar-refractivity contribution in [3.8, 4) is 0 Å². The molecule has 1 heterocycles. The van der Waals surface area contributed by atoms with Gasteiger partial charge in [0.1, 0.15) is 6.10 Å². The molecule has 3 fully saturated rings. The van der Waals surface area contributed by atoms with Gasteiger partial charge in [-0.3, -0.25) is 9.59 Å². The van der Waals surface area contributed by atoms with Crippen LogP contribution in [0.25, 0.3) is 0 Å². The first-order valence-electron chi connectivity index (χ1n) is 14.9. The summed E-state index contributed by atoms with van der Waals surface area (Å²) in [5.41, 5.74) is 0. The Morgan fingerprint density at radius 2 is 1.95 bits per heavy atom. The lowest BCUT2D eigenvalue weighted by atomic mass is 9.88. The van der Waals surface area contributed by atoms with E-state index in [0.717, 1.165) is 57.3 Å². The molecule has 3 unspecified atom stereocenters. The number of carbonyl (C=O) groups is 2. The number of unbranched alkanes of at least 4 members (excludes halogenated alkanes) is 1. The quantitative estimate of drug-likeness (QED) is 0.169. The normalized spacial score (nSPS) is 32.7. The summed E-state index contributed by atoms with van der Waals surface area (Å²) in [5, 5.41) is 11.0. The molecule has 0 aromatic rings. The van der Waals surface area contributed by atoms with Crippen LogP contribution in [-0.2, 0) is 28.5 Å². The van der Waals surface area contributed by atoms with E-state index in [0.29, 0.717) is 25.4 Å². The molecule has 0 aromatic carbocycles. The molecule has 0 bridgehead atoms. The lowest BCUT2D eigenvalue weighted by Crippen LogP contribution is -2.31. The topological polar surface area (TPSA) is 91.3 Å². The Labute approximate surface area is 229 Å². The van der Waals surface area contributed by atoms with Crippen LogP contribution in [0.1, 0.15) is 97.3 Å². The van der Waals surface area contributed by atoms with Gasteiger partial charge in [0.2, 0.25) is 0 Å². The molecule has 1 aliphatic heterocycles. The SMILES string of the molecule is CCCC1CCC([C@H](O)/C=C/[C@@H]2[C@@H](C/C=C\CCCC(=O)OC)[C@@H](OC(C)=O)C[C@H]2OC2CCCCO2)C1. The number of carbonyl (C=O) groups excluding carboxylic acids is 2. The smallest absolute Gasteiger partial charge is 0.305 e. The fourth-order valence-electron chi connectivity index (χ4n) is 6.50. The Balaban J connectivity index is 1.70.